The molecule has 0 aromatic heterocycles. The summed E-state index contributed by atoms with van der Waals surface area (Å²) in [5.74, 6) is 0.375. The van der Waals surface area contributed by atoms with Crippen LogP contribution in [0.15, 0.2) is 156 Å². The van der Waals surface area contributed by atoms with Gasteiger partial charge in [0.2, 0.25) is 5.79 Å². The van der Waals surface area contributed by atoms with Crippen molar-refractivity contribution in [2.24, 2.45) is 22.9 Å². The fourth-order valence-electron chi connectivity index (χ4n) is 10.1. The predicted octanol–water partition coefficient (Wildman–Crippen LogP) is 10.6. The number of fused-ring (bicyclic) bond motifs is 3. The molecule has 3 aliphatic rings. The molecule has 10 heteroatoms. The van der Waals surface area contributed by atoms with Crippen LogP contribution in [0.3, 0.4) is 0 Å². The van der Waals surface area contributed by atoms with E-state index in [1.54, 1.807) is 22.7 Å². The van der Waals surface area contributed by atoms with Gasteiger partial charge in [-0.05, 0) is 102 Å². The number of carbonyl (C=O) groups is 1. The molecule has 0 bridgehead atoms. The molecule has 1 amide bonds. The van der Waals surface area contributed by atoms with Gasteiger partial charge in [-0.2, -0.15) is 0 Å². The van der Waals surface area contributed by atoms with E-state index in [4.69, 9.17) is 24.2 Å². The standard InChI is InChI=1S/C54H60N2O7S/c1-3-30-61-54-50(56(2)53(59)42-25-24-39-18-10-11-19-40(39)33-42)36-48(55-62-37-38-16-6-4-7-17-38)46-34-41(20-12-14-28-57)45(23-13-15-29-58)51(52(46)54)47-35-43(26-27-49(47)63-54)60-31-32-64-44-21-8-5-9-22-44/h3-11,16-19,21-22,24-27,33-35,41,45,50-52,57-58H,1,12-15,20,23,28-32,36-37H2,2H3/t41-,45+,50-,51+,52+,54+/m0/s1. The second kappa shape index (κ2) is 21.5. The van der Waals surface area contributed by atoms with Crippen molar-refractivity contribution in [3.05, 3.63) is 162 Å². The number of benzene rings is 5. The minimum atomic E-state index is -1.35. The number of oxime groups is 1. The first-order valence-electron chi connectivity index (χ1n) is 22.7. The molecule has 5 aromatic rings. The summed E-state index contributed by atoms with van der Waals surface area (Å²) in [6.45, 7) is 5.30. The van der Waals surface area contributed by atoms with Crippen LogP contribution in [0.5, 0.6) is 11.5 Å². The van der Waals surface area contributed by atoms with Crippen LogP contribution in [0.1, 0.15) is 72.3 Å². The fourth-order valence-corrected chi connectivity index (χ4v) is 10.8. The molecule has 5 aromatic carbocycles. The van der Waals surface area contributed by atoms with Crippen LogP contribution in [-0.2, 0) is 16.2 Å². The quantitative estimate of drug-likeness (QED) is 0.0325. The minimum Gasteiger partial charge on any atom is -0.493 e. The van der Waals surface area contributed by atoms with Crippen LogP contribution in [0.2, 0.25) is 0 Å². The maximum atomic E-state index is 14.9. The van der Waals surface area contributed by atoms with Gasteiger partial charge in [0.05, 0.1) is 24.8 Å². The monoisotopic (exact) mass is 880 g/mol. The molecule has 64 heavy (non-hydrogen) atoms. The van der Waals surface area contributed by atoms with E-state index < -0.39 is 17.7 Å². The van der Waals surface area contributed by atoms with E-state index in [2.05, 4.69) is 30.9 Å². The van der Waals surface area contributed by atoms with Crippen molar-refractivity contribution in [1.29, 1.82) is 0 Å². The van der Waals surface area contributed by atoms with E-state index >= 15 is 0 Å². The predicted molar refractivity (Wildman–Crippen MR) is 255 cm³/mol. The highest BCUT2D eigenvalue weighted by atomic mass is 32.2. The first-order valence-corrected chi connectivity index (χ1v) is 23.7. The van der Waals surface area contributed by atoms with Gasteiger partial charge in [-0.15, -0.1) is 18.3 Å². The third kappa shape index (κ3) is 9.96. The van der Waals surface area contributed by atoms with Crippen molar-refractivity contribution in [3.8, 4) is 11.5 Å². The molecule has 9 nitrogen and oxygen atoms in total. The number of thioether (sulfide) groups is 1. The Morgan fingerprint density at radius 3 is 2.39 bits per heavy atom. The molecule has 1 heterocycles. The van der Waals surface area contributed by atoms with Crippen LogP contribution in [0, 0.1) is 17.8 Å². The van der Waals surface area contributed by atoms with Crippen molar-refractivity contribution in [2.45, 2.75) is 74.2 Å². The van der Waals surface area contributed by atoms with Crippen LogP contribution in [0.4, 0.5) is 0 Å². The molecular weight excluding hydrogens is 821 g/mol. The van der Waals surface area contributed by atoms with E-state index in [-0.39, 0.29) is 50.1 Å². The number of aliphatic hydroxyl groups is 2. The highest BCUT2D eigenvalue weighted by Crippen LogP contribution is 2.62. The topological polar surface area (TPSA) is 110 Å². The Morgan fingerprint density at radius 2 is 1.62 bits per heavy atom. The number of carbonyl (C=O) groups excluding carboxylic acids is 1. The van der Waals surface area contributed by atoms with Crippen molar-refractivity contribution >= 4 is 34.2 Å². The third-order valence-electron chi connectivity index (χ3n) is 13.0. The largest absolute Gasteiger partial charge is 0.493 e. The Labute approximate surface area is 381 Å². The second-order valence-electron chi connectivity index (χ2n) is 17.0. The van der Waals surface area contributed by atoms with Crippen LogP contribution in [-0.4, -0.2) is 77.8 Å². The van der Waals surface area contributed by atoms with E-state index in [9.17, 15) is 15.0 Å². The van der Waals surface area contributed by atoms with E-state index in [0.29, 0.717) is 37.2 Å². The van der Waals surface area contributed by atoms with Crippen molar-refractivity contribution in [3.63, 3.8) is 0 Å². The van der Waals surface area contributed by atoms with E-state index in [1.165, 1.54) is 4.90 Å². The zero-order valence-electron chi connectivity index (χ0n) is 36.7. The van der Waals surface area contributed by atoms with Gasteiger partial charge in [0.1, 0.15) is 24.1 Å². The molecule has 1 saturated carbocycles. The molecule has 0 spiro atoms. The number of hydrogen-bond acceptors (Lipinski definition) is 9. The summed E-state index contributed by atoms with van der Waals surface area (Å²) in [6.07, 6.45) is 9.20. The van der Waals surface area contributed by atoms with Gasteiger partial charge < -0.3 is 34.2 Å². The Balaban J connectivity index is 1.25. The maximum absolute atomic E-state index is 14.9. The zero-order valence-corrected chi connectivity index (χ0v) is 37.5. The van der Waals surface area contributed by atoms with Gasteiger partial charge in [0, 0.05) is 54.4 Å². The Kier molecular flexibility index (Phi) is 15.2. The number of ether oxygens (including phenoxy) is 3. The molecule has 2 N–H and O–H groups in total. The molecule has 0 unspecified atom stereocenters. The lowest BCUT2D eigenvalue weighted by atomic mass is 9.55. The molecule has 334 valence electrons. The first kappa shape index (κ1) is 45.2. The van der Waals surface area contributed by atoms with Crippen LogP contribution >= 0.6 is 11.8 Å². The van der Waals surface area contributed by atoms with Gasteiger partial charge in [-0.3, -0.25) is 4.79 Å². The number of amides is 1. The first-order chi connectivity index (χ1) is 31.4. The van der Waals surface area contributed by atoms with E-state index in [1.807, 2.05) is 110 Å². The SMILES string of the molecule is C=CCO[C@@]12Oc3ccc(OCCSc4ccccc4)cc3[C@H]3[C@H](CCCCO)[C@@H](CCCCO)C=C(C(=NOCc4ccccc4)C[C@@H]1N(C)C(=O)c1ccc4ccccc4c1)[C@H]32. The molecular formula is C54H60N2O7S. The van der Waals surface area contributed by atoms with Crippen molar-refractivity contribution in [1.82, 2.24) is 4.90 Å². The summed E-state index contributed by atoms with van der Waals surface area (Å²) in [5, 5.41) is 27.0. The summed E-state index contributed by atoms with van der Waals surface area (Å²) in [5.41, 5.74) is 4.34. The molecule has 1 aliphatic heterocycles. The molecule has 8 rings (SSSR count). The van der Waals surface area contributed by atoms with Crippen molar-refractivity contribution in [2.75, 3.05) is 39.2 Å². The zero-order chi connectivity index (χ0) is 44.3. The second-order valence-corrected chi connectivity index (χ2v) is 18.2. The number of rotatable bonds is 21. The number of likely N-dealkylation sites (N-methyl/N-ethyl adjacent to an activating group) is 1. The summed E-state index contributed by atoms with van der Waals surface area (Å²) in [4.78, 5) is 24.1. The lowest BCUT2D eigenvalue weighted by Crippen LogP contribution is -2.69. The van der Waals surface area contributed by atoms with Gasteiger partial charge >= 0.3 is 0 Å². The smallest absolute Gasteiger partial charge is 0.254 e. The molecule has 6 atom stereocenters. The third-order valence-corrected chi connectivity index (χ3v) is 14.0. The number of unbranched alkanes of at least 4 members (excludes halogenated alkanes) is 2. The van der Waals surface area contributed by atoms with Gasteiger partial charge in [0.15, 0.2) is 0 Å². The average Bonchev–Trinajstić information content (AvgIpc) is 3.33. The summed E-state index contributed by atoms with van der Waals surface area (Å²) in [7, 11) is 1.84. The molecule has 1 fully saturated rings. The maximum Gasteiger partial charge on any atom is 0.254 e. The van der Waals surface area contributed by atoms with Crippen LogP contribution in [0.25, 0.3) is 10.8 Å². The lowest BCUT2D eigenvalue weighted by Gasteiger charge is -2.59. The number of hydrogen-bond donors (Lipinski definition) is 2. The minimum absolute atomic E-state index is 0.101. The van der Waals surface area contributed by atoms with Gasteiger partial charge in [-0.1, -0.05) is 109 Å². The lowest BCUT2D eigenvalue weighted by molar-refractivity contribution is -0.252. The summed E-state index contributed by atoms with van der Waals surface area (Å²) in [6, 6.07) is 39.7. The number of aliphatic hydroxyl groups excluding tert-OH is 2. The van der Waals surface area contributed by atoms with Gasteiger partial charge in [-0.25, -0.2) is 0 Å². The van der Waals surface area contributed by atoms with Crippen molar-refractivity contribution < 1.29 is 34.1 Å². The van der Waals surface area contributed by atoms with E-state index in [0.717, 1.165) is 70.4 Å². The molecule has 0 radical (unpaired) electrons. The Morgan fingerprint density at radius 1 is 0.891 bits per heavy atom. The number of nitrogens with zero attached hydrogens (tertiary/aromatic N) is 2. The average molecular weight is 881 g/mol. The fraction of sp³-hybridized carbons (Fsp3) is 0.370. The summed E-state index contributed by atoms with van der Waals surface area (Å²) < 4.78 is 21.0. The highest BCUT2D eigenvalue weighted by Gasteiger charge is 2.65. The highest BCUT2D eigenvalue weighted by molar-refractivity contribution is 7.99. The molecule has 0 saturated heterocycles. The Bertz CT molecular complexity index is 2410. The number of allylic oxidation sites excluding steroid dienone is 1. The molecule has 2 aliphatic carbocycles. The van der Waals surface area contributed by atoms with Crippen LogP contribution < -0.4 is 9.47 Å². The van der Waals surface area contributed by atoms with Gasteiger partial charge in [0.25, 0.3) is 5.91 Å². The summed E-state index contributed by atoms with van der Waals surface area (Å²) >= 11 is 1.76. The normalized spacial score (nSPS) is 22.8. The Hall–Kier alpha value is -5.39.